The van der Waals surface area contributed by atoms with Gasteiger partial charge < -0.3 is 5.32 Å². The van der Waals surface area contributed by atoms with Crippen molar-refractivity contribution < 1.29 is 9.59 Å². The summed E-state index contributed by atoms with van der Waals surface area (Å²) in [6, 6.07) is 5.27. The summed E-state index contributed by atoms with van der Waals surface area (Å²) >= 11 is 0. The SMILES string of the molecule is C/C=C\c1c(C=O)cccc1NC(=O)C1=CC=CCC=C1. The molecule has 1 N–H and O–H groups in total. The van der Waals surface area contributed by atoms with Gasteiger partial charge in [0.05, 0.1) is 0 Å². The lowest BCUT2D eigenvalue weighted by Gasteiger charge is -2.10. The van der Waals surface area contributed by atoms with Crippen LogP contribution in [0.4, 0.5) is 5.69 Å². The number of nitrogens with one attached hydrogen (secondary N) is 1. The van der Waals surface area contributed by atoms with Gasteiger partial charge in [-0.2, -0.15) is 0 Å². The molecule has 3 nitrogen and oxygen atoms in total. The van der Waals surface area contributed by atoms with E-state index in [1.807, 2.05) is 37.3 Å². The highest BCUT2D eigenvalue weighted by atomic mass is 16.1. The van der Waals surface area contributed by atoms with E-state index >= 15 is 0 Å². The fourth-order valence-corrected chi connectivity index (χ4v) is 2.07. The van der Waals surface area contributed by atoms with Crippen molar-refractivity contribution in [3.8, 4) is 0 Å². The van der Waals surface area contributed by atoms with Gasteiger partial charge in [-0.3, -0.25) is 9.59 Å². The molecule has 2 rings (SSSR count). The van der Waals surface area contributed by atoms with Crippen LogP contribution in [0.1, 0.15) is 29.3 Å². The van der Waals surface area contributed by atoms with Gasteiger partial charge in [-0.1, -0.05) is 48.6 Å². The zero-order valence-electron chi connectivity index (χ0n) is 11.9. The maximum atomic E-state index is 12.3. The average molecular weight is 279 g/mol. The monoisotopic (exact) mass is 279 g/mol. The lowest BCUT2D eigenvalue weighted by atomic mass is 10.1. The van der Waals surface area contributed by atoms with Gasteiger partial charge in [0.1, 0.15) is 0 Å². The number of hydrogen-bond donors (Lipinski definition) is 1. The Morgan fingerprint density at radius 1 is 1.29 bits per heavy atom. The zero-order valence-corrected chi connectivity index (χ0v) is 11.9. The van der Waals surface area contributed by atoms with Gasteiger partial charge in [0, 0.05) is 22.4 Å². The van der Waals surface area contributed by atoms with Crippen LogP contribution in [0.5, 0.6) is 0 Å². The number of rotatable bonds is 4. The molecule has 0 spiro atoms. The summed E-state index contributed by atoms with van der Waals surface area (Å²) in [6.45, 7) is 1.87. The standard InChI is InChI=1S/C18H17NO2/c1-2-8-16-15(13-20)11-7-12-17(16)19-18(21)14-9-5-3-4-6-10-14/h2-3,5-13H,4H2,1H3,(H,19,21)/b8-2-. The van der Waals surface area contributed by atoms with E-state index < -0.39 is 0 Å². The predicted molar refractivity (Wildman–Crippen MR) is 86.1 cm³/mol. The molecule has 0 heterocycles. The first-order valence-corrected chi connectivity index (χ1v) is 6.82. The van der Waals surface area contributed by atoms with Crippen molar-refractivity contribution in [3.05, 3.63) is 71.4 Å². The predicted octanol–water partition coefficient (Wildman–Crippen LogP) is 3.91. The molecule has 106 valence electrons. The summed E-state index contributed by atoms with van der Waals surface area (Å²) in [7, 11) is 0. The second-order valence-corrected chi connectivity index (χ2v) is 4.57. The number of hydrogen-bond acceptors (Lipinski definition) is 2. The molecule has 0 atom stereocenters. The number of carbonyl (C=O) groups is 2. The molecule has 0 unspecified atom stereocenters. The van der Waals surface area contributed by atoms with E-state index in [0.717, 1.165) is 18.3 Å². The summed E-state index contributed by atoms with van der Waals surface area (Å²) in [6.07, 6.45) is 14.6. The first-order chi connectivity index (χ1) is 10.3. The summed E-state index contributed by atoms with van der Waals surface area (Å²) in [4.78, 5) is 23.4. The molecule has 0 aromatic heterocycles. The molecule has 1 aromatic rings. The minimum absolute atomic E-state index is 0.188. The number of carbonyl (C=O) groups excluding carboxylic acids is 2. The van der Waals surface area contributed by atoms with E-state index in [2.05, 4.69) is 5.32 Å². The van der Waals surface area contributed by atoms with Crippen molar-refractivity contribution in [1.29, 1.82) is 0 Å². The smallest absolute Gasteiger partial charge is 0.255 e. The van der Waals surface area contributed by atoms with Crippen molar-refractivity contribution >= 4 is 24.0 Å². The average Bonchev–Trinajstić information content (AvgIpc) is 2.78. The van der Waals surface area contributed by atoms with Gasteiger partial charge in [0.25, 0.3) is 5.91 Å². The molecule has 0 saturated heterocycles. The van der Waals surface area contributed by atoms with Gasteiger partial charge in [-0.25, -0.2) is 0 Å². The summed E-state index contributed by atoms with van der Waals surface area (Å²) < 4.78 is 0. The quantitative estimate of drug-likeness (QED) is 0.849. The normalized spacial score (nSPS) is 13.9. The number of allylic oxidation sites excluding steroid dienone is 5. The lowest BCUT2D eigenvalue weighted by Crippen LogP contribution is -2.14. The maximum absolute atomic E-state index is 12.3. The van der Waals surface area contributed by atoms with E-state index in [-0.39, 0.29) is 5.91 Å². The molecule has 1 aliphatic carbocycles. The number of aldehydes is 1. The molecule has 0 saturated carbocycles. The Kier molecular flexibility index (Phi) is 5.04. The third kappa shape index (κ3) is 3.66. The van der Waals surface area contributed by atoms with Crippen LogP contribution in [-0.4, -0.2) is 12.2 Å². The van der Waals surface area contributed by atoms with Crippen LogP contribution in [-0.2, 0) is 4.79 Å². The number of amides is 1. The Balaban J connectivity index is 2.31. The number of benzene rings is 1. The first-order valence-electron chi connectivity index (χ1n) is 6.82. The van der Waals surface area contributed by atoms with Gasteiger partial charge in [-0.05, 0) is 25.5 Å². The van der Waals surface area contributed by atoms with Crippen LogP contribution in [0.3, 0.4) is 0 Å². The first kappa shape index (κ1) is 14.7. The maximum Gasteiger partial charge on any atom is 0.255 e. The molecule has 0 aliphatic heterocycles. The highest BCUT2D eigenvalue weighted by molar-refractivity contribution is 6.07. The topological polar surface area (TPSA) is 46.2 Å². The molecule has 0 radical (unpaired) electrons. The fraction of sp³-hybridized carbons (Fsp3) is 0.111. The Hall–Kier alpha value is -2.68. The third-order valence-electron chi connectivity index (χ3n) is 3.09. The van der Waals surface area contributed by atoms with Crippen molar-refractivity contribution in [1.82, 2.24) is 0 Å². The number of anilines is 1. The molecule has 1 aliphatic rings. The van der Waals surface area contributed by atoms with E-state index in [1.165, 1.54) is 0 Å². The minimum atomic E-state index is -0.188. The van der Waals surface area contributed by atoms with Crippen LogP contribution < -0.4 is 5.32 Å². The fourth-order valence-electron chi connectivity index (χ4n) is 2.07. The Morgan fingerprint density at radius 3 is 2.90 bits per heavy atom. The zero-order chi connectivity index (χ0) is 15.1. The molecule has 21 heavy (non-hydrogen) atoms. The van der Waals surface area contributed by atoms with E-state index in [9.17, 15) is 9.59 Å². The van der Waals surface area contributed by atoms with Crippen molar-refractivity contribution in [2.24, 2.45) is 0 Å². The molecule has 1 aromatic carbocycles. The second kappa shape index (κ2) is 7.20. The molecule has 0 fully saturated rings. The highest BCUT2D eigenvalue weighted by Gasteiger charge is 2.11. The van der Waals surface area contributed by atoms with Gasteiger partial charge in [0.2, 0.25) is 0 Å². The highest BCUT2D eigenvalue weighted by Crippen LogP contribution is 2.22. The van der Waals surface area contributed by atoms with E-state index in [4.69, 9.17) is 0 Å². The molecule has 0 bridgehead atoms. The summed E-state index contributed by atoms with van der Waals surface area (Å²) in [5, 5.41) is 2.87. The second-order valence-electron chi connectivity index (χ2n) is 4.57. The van der Waals surface area contributed by atoms with Crippen LogP contribution in [0.15, 0.2) is 60.2 Å². The lowest BCUT2D eigenvalue weighted by molar-refractivity contribution is -0.112. The van der Waals surface area contributed by atoms with Crippen LogP contribution in [0.25, 0.3) is 6.08 Å². The Bertz CT molecular complexity index is 664. The van der Waals surface area contributed by atoms with Crippen molar-refractivity contribution in [2.75, 3.05) is 5.32 Å². The van der Waals surface area contributed by atoms with Crippen molar-refractivity contribution in [2.45, 2.75) is 13.3 Å². The van der Waals surface area contributed by atoms with Gasteiger partial charge >= 0.3 is 0 Å². The van der Waals surface area contributed by atoms with Crippen LogP contribution in [0, 0.1) is 0 Å². The van der Waals surface area contributed by atoms with Crippen molar-refractivity contribution in [3.63, 3.8) is 0 Å². The Morgan fingerprint density at radius 2 is 2.14 bits per heavy atom. The summed E-state index contributed by atoms with van der Waals surface area (Å²) in [5.74, 6) is -0.188. The molecular formula is C18H17NO2. The summed E-state index contributed by atoms with van der Waals surface area (Å²) in [5.41, 5.74) is 2.49. The van der Waals surface area contributed by atoms with Gasteiger partial charge in [0.15, 0.2) is 6.29 Å². The molecule has 1 amide bonds. The van der Waals surface area contributed by atoms with Crippen LogP contribution >= 0.6 is 0 Å². The largest absolute Gasteiger partial charge is 0.321 e. The van der Waals surface area contributed by atoms with E-state index in [1.54, 1.807) is 30.4 Å². The van der Waals surface area contributed by atoms with Gasteiger partial charge in [-0.15, -0.1) is 0 Å². The van der Waals surface area contributed by atoms with Crippen LogP contribution in [0.2, 0.25) is 0 Å². The minimum Gasteiger partial charge on any atom is -0.321 e. The molecule has 3 heteroatoms. The third-order valence-corrected chi connectivity index (χ3v) is 3.09. The Labute approximate surface area is 124 Å². The van der Waals surface area contributed by atoms with E-state index in [0.29, 0.717) is 16.8 Å². The molecular weight excluding hydrogens is 262 g/mol.